The minimum absolute atomic E-state index is 0.299. The molecule has 0 bridgehead atoms. The first-order valence-electron chi connectivity index (χ1n) is 12.8. The molecule has 3 unspecified atom stereocenters. The van der Waals surface area contributed by atoms with Crippen LogP contribution in [0.25, 0.3) is 0 Å². The van der Waals surface area contributed by atoms with Gasteiger partial charge in [-0.2, -0.15) is 0 Å². The first-order chi connectivity index (χ1) is 15.6. The molecule has 0 aliphatic carbocycles. The Morgan fingerprint density at radius 1 is 0.515 bits per heavy atom. The topological polar surface area (TPSA) is 55.4 Å². The molecule has 180 valence electrons. The molecule has 6 aliphatic rings. The van der Waals surface area contributed by atoms with Gasteiger partial charge >= 0.3 is 0 Å². The zero-order valence-corrected chi connectivity index (χ0v) is 20.7. The van der Waals surface area contributed by atoms with E-state index in [1.165, 1.54) is 16.7 Å². The largest absolute Gasteiger partial charge is 0.461 e. The minimum Gasteiger partial charge on any atom is -0.461 e. The lowest BCUT2D eigenvalue weighted by atomic mass is 9.74. The van der Waals surface area contributed by atoms with Crippen LogP contribution in [0, 0.1) is 35.5 Å². The van der Waals surface area contributed by atoms with Gasteiger partial charge in [-0.3, -0.25) is 0 Å². The minimum atomic E-state index is -0.605. The summed E-state index contributed by atoms with van der Waals surface area (Å²) in [5.41, 5.74) is 3.56. The van der Waals surface area contributed by atoms with Gasteiger partial charge in [-0.15, -0.1) is 0 Å². The van der Waals surface area contributed by atoms with Crippen molar-refractivity contribution in [2.45, 2.75) is 78.2 Å². The third-order valence-corrected chi connectivity index (χ3v) is 9.81. The average molecular weight is 457 g/mol. The Hall–Kier alpha value is -1.50. The molecule has 0 spiro atoms. The summed E-state index contributed by atoms with van der Waals surface area (Å²) >= 11 is 0. The van der Waals surface area contributed by atoms with Crippen molar-refractivity contribution in [3.05, 3.63) is 16.7 Å². The molecule has 0 amide bonds. The van der Waals surface area contributed by atoms with E-state index in [4.69, 9.17) is 28.4 Å². The number of hydrogen-bond donors (Lipinski definition) is 0. The van der Waals surface area contributed by atoms with E-state index in [1.807, 2.05) is 0 Å². The summed E-state index contributed by atoms with van der Waals surface area (Å²) < 4.78 is 39.1. The van der Waals surface area contributed by atoms with Crippen molar-refractivity contribution in [3.8, 4) is 17.2 Å². The molecule has 0 saturated carbocycles. The lowest BCUT2D eigenvalue weighted by molar-refractivity contribution is -0.181. The van der Waals surface area contributed by atoms with Crippen molar-refractivity contribution in [1.29, 1.82) is 0 Å². The Balaban J connectivity index is 1.44. The molecule has 6 aliphatic heterocycles. The van der Waals surface area contributed by atoms with Gasteiger partial charge in [0.05, 0.1) is 19.8 Å². The highest BCUT2D eigenvalue weighted by atomic mass is 16.7. The third-order valence-electron chi connectivity index (χ3n) is 9.81. The molecule has 0 N–H and O–H groups in total. The van der Waals surface area contributed by atoms with E-state index in [2.05, 4.69) is 41.5 Å². The fourth-order valence-corrected chi connectivity index (χ4v) is 7.64. The summed E-state index contributed by atoms with van der Waals surface area (Å²) in [6.45, 7) is 15.3. The highest BCUT2D eigenvalue weighted by Gasteiger charge is 2.58. The van der Waals surface area contributed by atoms with Crippen LogP contribution in [-0.4, -0.2) is 37.2 Å². The van der Waals surface area contributed by atoms with Crippen LogP contribution in [0.15, 0.2) is 0 Å². The van der Waals surface area contributed by atoms with Crippen LogP contribution in [-0.2, 0) is 33.5 Å². The molecule has 6 heterocycles. The van der Waals surface area contributed by atoms with Crippen molar-refractivity contribution < 1.29 is 28.4 Å². The third kappa shape index (κ3) is 2.61. The van der Waals surface area contributed by atoms with Gasteiger partial charge < -0.3 is 28.4 Å². The smallest absolute Gasteiger partial charge is 0.211 e. The molecule has 0 aromatic heterocycles. The van der Waals surface area contributed by atoms with Crippen molar-refractivity contribution >= 4 is 0 Å². The Morgan fingerprint density at radius 2 is 0.788 bits per heavy atom. The molecule has 3 saturated heterocycles. The SMILES string of the molecule is C[C@H]1CO[C@]2(C)Oc3c(c4c(c5c3CC3[C@@H](C)CO[C@]3(C)O5)CC3[C@@H](C)CO[C@]3(C)O4)CC12. The van der Waals surface area contributed by atoms with Crippen LogP contribution in [0.5, 0.6) is 17.2 Å². The van der Waals surface area contributed by atoms with Gasteiger partial charge in [0.25, 0.3) is 0 Å². The Morgan fingerprint density at radius 3 is 1.06 bits per heavy atom. The number of benzene rings is 1. The van der Waals surface area contributed by atoms with Gasteiger partial charge in [0.2, 0.25) is 17.4 Å². The van der Waals surface area contributed by atoms with Gasteiger partial charge in [-0.25, -0.2) is 0 Å². The Kier molecular flexibility index (Phi) is 4.03. The quantitative estimate of drug-likeness (QED) is 0.574. The maximum atomic E-state index is 6.80. The summed E-state index contributed by atoms with van der Waals surface area (Å²) in [5, 5.41) is 0. The molecular formula is C27H36O6. The molecule has 33 heavy (non-hydrogen) atoms. The molecule has 1 aromatic rings. The molecule has 3 fully saturated rings. The second-order valence-electron chi connectivity index (χ2n) is 12.1. The van der Waals surface area contributed by atoms with Crippen LogP contribution < -0.4 is 14.2 Å². The van der Waals surface area contributed by atoms with Gasteiger partial charge in [-0.05, 0) is 37.0 Å². The second-order valence-corrected chi connectivity index (χ2v) is 12.1. The van der Waals surface area contributed by atoms with E-state index in [0.717, 1.165) is 56.3 Å². The van der Waals surface area contributed by atoms with Crippen molar-refractivity contribution in [3.63, 3.8) is 0 Å². The molecule has 6 nitrogen and oxygen atoms in total. The highest BCUT2D eigenvalue weighted by Crippen LogP contribution is 2.60. The lowest BCUT2D eigenvalue weighted by Gasteiger charge is -2.47. The summed E-state index contributed by atoms with van der Waals surface area (Å²) in [4.78, 5) is 0. The van der Waals surface area contributed by atoms with Gasteiger partial charge in [-0.1, -0.05) is 20.8 Å². The summed E-state index contributed by atoms with van der Waals surface area (Å²) in [5.74, 6) is 3.16. The summed E-state index contributed by atoms with van der Waals surface area (Å²) in [7, 11) is 0. The Labute approximate surface area is 196 Å². The van der Waals surface area contributed by atoms with E-state index in [9.17, 15) is 0 Å². The highest BCUT2D eigenvalue weighted by molar-refractivity contribution is 5.66. The maximum absolute atomic E-state index is 6.80. The van der Waals surface area contributed by atoms with E-state index < -0.39 is 17.4 Å². The van der Waals surface area contributed by atoms with Crippen molar-refractivity contribution in [2.24, 2.45) is 35.5 Å². The molecule has 7 rings (SSSR count). The molecule has 1 aromatic carbocycles. The zero-order valence-electron chi connectivity index (χ0n) is 20.7. The standard InChI is InChI=1S/C27H36O6/c1-13-10-28-25(4)19(13)7-16-22(31-25)17-8-20-14(2)12-30-27(20,6)33-24(17)18-9-21-15(3)11-29-26(21,5)32-23(16)18/h13-15,19-21H,7-12H2,1-6H3/t13-,14-,15-,19?,20?,21?,25+,26+,27+/m0/s1. The molecular weight excluding hydrogens is 420 g/mol. The average Bonchev–Trinajstić information content (AvgIpc) is 3.35. The number of hydrogen-bond acceptors (Lipinski definition) is 6. The maximum Gasteiger partial charge on any atom is 0.211 e. The van der Waals surface area contributed by atoms with Crippen LogP contribution in [0.1, 0.15) is 58.2 Å². The van der Waals surface area contributed by atoms with E-state index in [1.54, 1.807) is 0 Å². The fraction of sp³-hybridized carbons (Fsp3) is 0.778. The summed E-state index contributed by atoms with van der Waals surface area (Å²) in [6, 6.07) is 0. The van der Waals surface area contributed by atoms with E-state index in [0.29, 0.717) is 35.5 Å². The first-order valence-corrected chi connectivity index (χ1v) is 12.8. The fourth-order valence-electron chi connectivity index (χ4n) is 7.64. The van der Waals surface area contributed by atoms with Crippen LogP contribution in [0.3, 0.4) is 0 Å². The van der Waals surface area contributed by atoms with Gasteiger partial charge in [0.1, 0.15) is 17.2 Å². The first kappa shape index (κ1) is 20.8. The lowest BCUT2D eigenvalue weighted by Crippen LogP contribution is -2.49. The molecule has 0 radical (unpaired) electrons. The molecule has 9 atom stereocenters. The Bertz CT molecular complexity index is 888. The zero-order chi connectivity index (χ0) is 22.9. The monoisotopic (exact) mass is 456 g/mol. The second kappa shape index (κ2) is 6.38. The number of ether oxygens (including phenoxy) is 6. The van der Waals surface area contributed by atoms with Crippen molar-refractivity contribution in [2.75, 3.05) is 19.8 Å². The molecule has 6 heteroatoms. The number of rotatable bonds is 0. The number of fused-ring (bicyclic) bond motifs is 9. The summed E-state index contributed by atoms with van der Waals surface area (Å²) in [6.07, 6.45) is 2.69. The van der Waals surface area contributed by atoms with Gasteiger partial charge in [0, 0.05) is 55.2 Å². The predicted octanol–water partition coefficient (Wildman–Crippen LogP) is 4.49. The normalized spacial score (nSPS) is 48.9. The predicted molar refractivity (Wildman–Crippen MR) is 120 cm³/mol. The van der Waals surface area contributed by atoms with E-state index in [-0.39, 0.29) is 0 Å². The van der Waals surface area contributed by atoms with E-state index >= 15 is 0 Å². The van der Waals surface area contributed by atoms with Crippen molar-refractivity contribution in [1.82, 2.24) is 0 Å². The van der Waals surface area contributed by atoms with Crippen LogP contribution >= 0.6 is 0 Å². The van der Waals surface area contributed by atoms with Crippen LogP contribution in [0.4, 0.5) is 0 Å². The van der Waals surface area contributed by atoms with Crippen LogP contribution in [0.2, 0.25) is 0 Å². The van der Waals surface area contributed by atoms with Gasteiger partial charge in [0.15, 0.2) is 0 Å².